The van der Waals surface area contributed by atoms with E-state index in [1.807, 2.05) is 0 Å². The zero-order valence-corrected chi connectivity index (χ0v) is 11.2. The molecule has 0 aliphatic rings. The van der Waals surface area contributed by atoms with Crippen molar-refractivity contribution >= 4 is 40.8 Å². The fourth-order valence-electron chi connectivity index (χ4n) is 0.166. The Morgan fingerprint density at radius 2 is 1.80 bits per heavy atom. The molecular formula is C4H3CdCl3O2. The fraction of sp³-hybridized carbons (Fsp3) is 0.250. The number of hydrogen-bond donors (Lipinski definition) is 1. The van der Waals surface area contributed by atoms with Crippen LogP contribution >= 0.6 is 34.8 Å². The van der Waals surface area contributed by atoms with Crippen LogP contribution < -0.4 is 0 Å². The van der Waals surface area contributed by atoms with Gasteiger partial charge in [0.2, 0.25) is 3.79 Å². The van der Waals surface area contributed by atoms with Gasteiger partial charge in [-0.1, -0.05) is 34.8 Å². The molecule has 0 unspecified atom stereocenters. The average molecular weight is 302 g/mol. The number of hydrogen-bond acceptors (Lipinski definition) is 1. The summed E-state index contributed by atoms with van der Waals surface area (Å²) >= 11 is 15.5. The smallest absolute Gasteiger partial charge is 0.328 e. The molecule has 0 saturated carbocycles. The number of allylic oxidation sites excluding steroid dienone is 1. The van der Waals surface area contributed by atoms with Crippen LogP contribution in [0.3, 0.4) is 0 Å². The van der Waals surface area contributed by atoms with Crippen LogP contribution in [0.15, 0.2) is 12.2 Å². The largest absolute Gasteiger partial charge is 0.478 e. The molecule has 0 aromatic rings. The van der Waals surface area contributed by atoms with Gasteiger partial charge in [-0.2, -0.15) is 0 Å². The third-order valence-corrected chi connectivity index (χ3v) is 0.793. The number of carboxylic acid groups (broad SMARTS) is 1. The Balaban J connectivity index is 0. The Labute approximate surface area is 93.3 Å². The number of alkyl halides is 3. The van der Waals surface area contributed by atoms with Crippen LogP contribution in [0.1, 0.15) is 0 Å². The molecule has 0 radical (unpaired) electrons. The number of carbonyl (C=O) groups is 1. The van der Waals surface area contributed by atoms with Crippen molar-refractivity contribution in [1.29, 1.82) is 0 Å². The van der Waals surface area contributed by atoms with Gasteiger partial charge in [-0.3, -0.25) is 0 Å². The summed E-state index contributed by atoms with van der Waals surface area (Å²) in [7, 11) is 0. The second kappa shape index (κ2) is 5.63. The number of rotatable bonds is 1. The second-order valence-electron chi connectivity index (χ2n) is 1.21. The molecule has 1 N–H and O–H groups in total. The number of carboxylic acids is 1. The molecule has 0 fully saturated rings. The minimum absolute atomic E-state index is 0. The quantitative estimate of drug-likeness (QED) is 0.457. The predicted octanol–water partition coefficient (Wildman–Crippen LogP) is 1.99. The Hall–Kier alpha value is 1.00. The number of halogens is 3. The van der Waals surface area contributed by atoms with Crippen LogP contribution in [0.4, 0.5) is 0 Å². The van der Waals surface area contributed by atoms with Gasteiger partial charge in [0, 0.05) is 33.4 Å². The van der Waals surface area contributed by atoms with Crippen LogP contribution in [0, 0.1) is 0 Å². The van der Waals surface area contributed by atoms with Crippen molar-refractivity contribution in [2.45, 2.75) is 3.79 Å². The van der Waals surface area contributed by atoms with Crippen molar-refractivity contribution in [3.8, 4) is 0 Å². The molecule has 0 aliphatic carbocycles. The molecule has 54 valence electrons. The Morgan fingerprint density at radius 1 is 1.40 bits per heavy atom. The molecule has 0 spiro atoms. The van der Waals surface area contributed by atoms with E-state index in [1.165, 1.54) is 0 Å². The first-order chi connectivity index (χ1) is 3.92. The maximum atomic E-state index is 9.78. The van der Waals surface area contributed by atoms with Crippen LogP contribution in [-0.2, 0) is 32.1 Å². The Kier molecular flexibility index (Phi) is 7.64. The fourth-order valence-corrected chi connectivity index (χ4v) is 0.355. The summed E-state index contributed by atoms with van der Waals surface area (Å²) in [5.41, 5.74) is 0. The molecular weight excluding hydrogens is 299 g/mol. The van der Waals surface area contributed by atoms with Gasteiger partial charge in [0.15, 0.2) is 0 Å². The molecule has 0 rings (SSSR count). The molecule has 0 amide bonds. The van der Waals surface area contributed by atoms with Gasteiger partial charge in [-0.15, -0.1) is 0 Å². The Morgan fingerprint density at radius 3 is 1.90 bits per heavy atom. The summed E-state index contributed by atoms with van der Waals surface area (Å²) < 4.78 is -1.61. The normalized spacial score (nSPS) is 11.1. The third-order valence-electron chi connectivity index (χ3n) is 0.415. The van der Waals surface area contributed by atoms with E-state index in [4.69, 9.17) is 39.9 Å². The van der Waals surface area contributed by atoms with E-state index < -0.39 is 9.76 Å². The first-order valence-electron chi connectivity index (χ1n) is 1.91. The van der Waals surface area contributed by atoms with Crippen molar-refractivity contribution in [2.75, 3.05) is 0 Å². The minimum atomic E-state index is -1.61. The van der Waals surface area contributed by atoms with Crippen molar-refractivity contribution < 1.29 is 37.2 Å². The first-order valence-corrected chi connectivity index (χ1v) is 3.04. The van der Waals surface area contributed by atoms with Crippen LogP contribution in [0.25, 0.3) is 0 Å². The molecule has 0 bridgehead atoms. The zero-order valence-electron chi connectivity index (χ0n) is 4.85. The van der Waals surface area contributed by atoms with E-state index in [9.17, 15) is 4.79 Å². The van der Waals surface area contributed by atoms with Crippen molar-refractivity contribution in [1.82, 2.24) is 0 Å². The SMILES string of the molecule is O=C(O)/C=C/C(Cl)(Cl)Cl.[Cd]. The predicted molar refractivity (Wildman–Crippen MR) is 37.1 cm³/mol. The second-order valence-corrected chi connectivity index (χ2v) is 3.58. The Bertz CT molecular complexity index is 140. The first kappa shape index (κ1) is 13.6. The van der Waals surface area contributed by atoms with Gasteiger partial charge >= 0.3 is 5.97 Å². The summed E-state index contributed by atoms with van der Waals surface area (Å²) in [5, 5.41) is 8.01. The number of aliphatic carboxylic acids is 1. The van der Waals surface area contributed by atoms with Gasteiger partial charge in [-0.05, 0) is 6.08 Å². The molecule has 0 aromatic carbocycles. The van der Waals surface area contributed by atoms with E-state index in [-0.39, 0.29) is 27.3 Å². The standard InChI is InChI=1S/C4H3Cl3O2.Cd/c5-4(6,7)2-1-3(8)9;/h1-2H,(H,8,9);/b2-1+;. The van der Waals surface area contributed by atoms with Gasteiger partial charge in [0.1, 0.15) is 0 Å². The average Bonchev–Trinajstić information content (AvgIpc) is 1.59. The molecule has 0 aliphatic heterocycles. The van der Waals surface area contributed by atoms with Gasteiger partial charge in [0.25, 0.3) is 0 Å². The summed E-state index contributed by atoms with van der Waals surface area (Å²) in [6.45, 7) is 0. The maximum Gasteiger partial charge on any atom is 0.328 e. The third kappa shape index (κ3) is 11.8. The van der Waals surface area contributed by atoms with Gasteiger partial charge in [-0.25, -0.2) is 4.79 Å². The summed E-state index contributed by atoms with van der Waals surface area (Å²) in [5.74, 6) is -1.14. The van der Waals surface area contributed by atoms with E-state index in [0.29, 0.717) is 0 Å². The van der Waals surface area contributed by atoms with Crippen LogP contribution in [0.5, 0.6) is 0 Å². The maximum absolute atomic E-state index is 9.78. The minimum Gasteiger partial charge on any atom is -0.478 e. The van der Waals surface area contributed by atoms with Crippen LogP contribution in [-0.4, -0.2) is 14.9 Å². The van der Waals surface area contributed by atoms with Crippen molar-refractivity contribution in [2.24, 2.45) is 0 Å². The summed E-state index contributed by atoms with van der Waals surface area (Å²) in [6, 6.07) is 0. The molecule has 0 atom stereocenters. The molecule has 0 heterocycles. The molecule has 0 aromatic heterocycles. The van der Waals surface area contributed by atoms with Crippen molar-refractivity contribution in [3.05, 3.63) is 12.2 Å². The van der Waals surface area contributed by atoms with Gasteiger partial charge in [0.05, 0.1) is 0 Å². The molecule has 0 saturated heterocycles. The monoisotopic (exact) mass is 302 g/mol. The van der Waals surface area contributed by atoms with Crippen LogP contribution in [0.2, 0.25) is 0 Å². The van der Waals surface area contributed by atoms with Crippen molar-refractivity contribution in [3.63, 3.8) is 0 Å². The van der Waals surface area contributed by atoms with E-state index in [2.05, 4.69) is 0 Å². The zero-order chi connectivity index (χ0) is 7.49. The van der Waals surface area contributed by atoms with Gasteiger partial charge < -0.3 is 5.11 Å². The summed E-state index contributed by atoms with van der Waals surface area (Å²) in [6.07, 6.45) is 1.73. The van der Waals surface area contributed by atoms with E-state index in [1.54, 1.807) is 0 Å². The molecule has 6 heteroatoms. The topological polar surface area (TPSA) is 37.3 Å². The molecule has 2 nitrogen and oxygen atoms in total. The van der Waals surface area contributed by atoms with E-state index >= 15 is 0 Å². The van der Waals surface area contributed by atoms with E-state index in [0.717, 1.165) is 12.2 Å². The summed E-state index contributed by atoms with van der Waals surface area (Å²) in [4.78, 5) is 9.78. The molecule has 10 heavy (non-hydrogen) atoms.